The number of fused-ring (bicyclic) bond motifs is 1. The predicted octanol–water partition coefficient (Wildman–Crippen LogP) is 6.75. The van der Waals surface area contributed by atoms with Gasteiger partial charge in [-0.1, -0.05) is 12.1 Å². The number of benzene rings is 2. The molecule has 1 spiro atoms. The van der Waals surface area contributed by atoms with Crippen LogP contribution >= 0.6 is 0 Å². The van der Waals surface area contributed by atoms with E-state index in [4.69, 9.17) is 14.2 Å². The molecule has 3 aliphatic heterocycles. The van der Waals surface area contributed by atoms with Crippen LogP contribution < -0.4 is 10.2 Å². The maximum absolute atomic E-state index is 14.4. The SMILES string of the molecule is COC1CCN(c2cccc3c2CCN(C(=O)C2CC4(CCN(C(=O)OC(C)(C)C)CC4)C2)[C@@H]3C(=O)Nc2ccc(C(=O)OC(C)(C)C)cc2)CC1. The normalized spacial score (nSPS) is 20.9. The molecule has 3 amide bonds. The van der Waals surface area contributed by atoms with E-state index in [1.54, 1.807) is 41.2 Å². The van der Waals surface area contributed by atoms with Crippen molar-refractivity contribution in [1.29, 1.82) is 0 Å². The van der Waals surface area contributed by atoms with E-state index in [9.17, 15) is 19.2 Å². The second-order valence-electron chi connectivity index (χ2n) is 17.1. The van der Waals surface area contributed by atoms with Crippen molar-refractivity contribution in [1.82, 2.24) is 9.80 Å². The standard InChI is InChI=1S/C41H56N4O7/c1-39(2,3)51-37(48)27-11-13-29(14-12-27)42-35(46)34-32-9-8-10-33(43-20-15-30(50-7)16-21-43)31(32)17-22-45(34)36(47)28-25-41(26-28)18-23-44(24-19-41)38(49)52-40(4,5)6/h8-14,28,30,34H,15-26H2,1-7H3,(H,42,46)/t34-/m0/s1. The van der Waals surface area contributed by atoms with Crippen LogP contribution in [0.3, 0.4) is 0 Å². The Morgan fingerprint density at radius 2 is 1.44 bits per heavy atom. The number of nitrogens with one attached hydrogen (secondary N) is 1. The number of carbonyl (C=O) groups is 4. The number of anilines is 2. The Kier molecular flexibility index (Phi) is 10.7. The van der Waals surface area contributed by atoms with Gasteiger partial charge >= 0.3 is 12.1 Å². The number of carbonyl (C=O) groups excluding carboxylic acids is 4. The molecule has 282 valence electrons. The van der Waals surface area contributed by atoms with Crippen LogP contribution in [0.15, 0.2) is 42.5 Å². The van der Waals surface area contributed by atoms with Crippen molar-refractivity contribution in [2.24, 2.45) is 11.3 Å². The fourth-order valence-corrected chi connectivity index (χ4v) is 8.33. The predicted molar refractivity (Wildman–Crippen MR) is 199 cm³/mol. The van der Waals surface area contributed by atoms with Crippen LogP contribution in [0.2, 0.25) is 0 Å². The van der Waals surface area contributed by atoms with E-state index in [1.165, 1.54) is 0 Å². The van der Waals surface area contributed by atoms with Gasteiger partial charge in [-0.15, -0.1) is 0 Å². The topological polar surface area (TPSA) is 118 Å². The maximum Gasteiger partial charge on any atom is 0.410 e. The molecule has 1 N–H and O–H groups in total. The summed E-state index contributed by atoms with van der Waals surface area (Å²) >= 11 is 0. The van der Waals surface area contributed by atoms with Gasteiger partial charge in [-0.25, -0.2) is 9.59 Å². The Morgan fingerprint density at radius 1 is 0.808 bits per heavy atom. The molecule has 0 unspecified atom stereocenters. The molecule has 52 heavy (non-hydrogen) atoms. The van der Waals surface area contributed by atoms with E-state index in [2.05, 4.69) is 16.3 Å². The summed E-state index contributed by atoms with van der Waals surface area (Å²) in [5.74, 6) is -0.875. The summed E-state index contributed by atoms with van der Waals surface area (Å²) in [4.78, 5) is 60.0. The number of hydrogen-bond acceptors (Lipinski definition) is 8. The van der Waals surface area contributed by atoms with Crippen LogP contribution in [0.1, 0.15) is 108 Å². The average Bonchev–Trinajstić information content (AvgIpc) is 3.08. The van der Waals surface area contributed by atoms with E-state index < -0.39 is 23.2 Å². The third-order valence-electron chi connectivity index (χ3n) is 11.0. The van der Waals surface area contributed by atoms with Gasteiger partial charge in [0.05, 0.1) is 11.7 Å². The molecule has 2 aromatic rings. The molecule has 0 aromatic heterocycles. The Labute approximate surface area is 308 Å². The lowest BCUT2D eigenvalue weighted by Crippen LogP contribution is -2.55. The number of rotatable bonds is 6. The van der Waals surface area contributed by atoms with Crippen LogP contribution in [-0.2, 0) is 30.2 Å². The number of likely N-dealkylation sites (tertiary alicyclic amines) is 1. The molecule has 2 aromatic carbocycles. The first-order valence-corrected chi connectivity index (χ1v) is 18.9. The molecule has 3 fully saturated rings. The fourth-order valence-electron chi connectivity index (χ4n) is 8.33. The Morgan fingerprint density at radius 3 is 2.04 bits per heavy atom. The molecule has 2 saturated heterocycles. The molecular weight excluding hydrogens is 660 g/mol. The quantitative estimate of drug-likeness (QED) is 0.327. The van der Waals surface area contributed by atoms with Gasteiger partial charge in [0, 0.05) is 57.1 Å². The van der Waals surface area contributed by atoms with Gasteiger partial charge in [0.2, 0.25) is 5.91 Å². The van der Waals surface area contributed by atoms with Crippen molar-refractivity contribution in [3.05, 3.63) is 59.2 Å². The summed E-state index contributed by atoms with van der Waals surface area (Å²) in [5.41, 5.74) is 2.89. The third-order valence-corrected chi connectivity index (χ3v) is 11.0. The largest absolute Gasteiger partial charge is 0.456 e. The Hall–Kier alpha value is -4.12. The molecule has 11 nitrogen and oxygen atoms in total. The molecule has 1 saturated carbocycles. The van der Waals surface area contributed by atoms with Crippen molar-refractivity contribution < 1.29 is 33.4 Å². The van der Waals surface area contributed by atoms with Crippen molar-refractivity contribution in [3.8, 4) is 0 Å². The van der Waals surface area contributed by atoms with Crippen LogP contribution in [0.5, 0.6) is 0 Å². The molecule has 1 atom stereocenters. The van der Waals surface area contributed by atoms with Crippen LogP contribution in [0.4, 0.5) is 16.2 Å². The zero-order chi connectivity index (χ0) is 37.4. The van der Waals surface area contributed by atoms with Crippen LogP contribution in [-0.4, -0.2) is 90.8 Å². The van der Waals surface area contributed by atoms with Crippen molar-refractivity contribution in [2.75, 3.05) is 50.1 Å². The summed E-state index contributed by atoms with van der Waals surface area (Å²) in [5, 5.41) is 3.06. The molecule has 6 rings (SSSR count). The summed E-state index contributed by atoms with van der Waals surface area (Å²) < 4.78 is 16.7. The highest BCUT2D eigenvalue weighted by Gasteiger charge is 2.52. The first-order chi connectivity index (χ1) is 24.5. The first kappa shape index (κ1) is 37.6. The van der Waals surface area contributed by atoms with Gasteiger partial charge in [-0.05, 0) is 133 Å². The minimum atomic E-state index is -0.802. The van der Waals surface area contributed by atoms with E-state index in [1.807, 2.05) is 53.7 Å². The van der Waals surface area contributed by atoms with Crippen molar-refractivity contribution in [3.63, 3.8) is 0 Å². The molecule has 0 radical (unpaired) electrons. The zero-order valence-electron chi connectivity index (χ0n) is 32.0. The number of piperidine rings is 2. The third kappa shape index (κ3) is 8.40. The van der Waals surface area contributed by atoms with Crippen molar-refractivity contribution >= 4 is 35.3 Å². The minimum absolute atomic E-state index is 0.0117. The first-order valence-electron chi connectivity index (χ1n) is 18.9. The lowest BCUT2D eigenvalue weighted by atomic mass is 9.57. The Balaban J connectivity index is 1.19. The summed E-state index contributed by atoms with van der Waals surface area (Å²) in [6, 6.07) is 12.0. The van der Waals surface area contributed by atoms with Crippen LogP contribution in [0, 0.1) is 11.3 Å². The molecule has 3 heterocycles. The van der Waals surface area contributed by atoms with Gasteiger partial charge in [0.15, 0.2) is 0 Å². The number of ether oxygens (including phenoxy) is 3. The molecule has 11 heteroatoms. The molecule has 4 aliphatic rings. The van der Waals surface area contributed by atoms with E-state index in [-0.39, 0.29) is 35.3 Å². The lowest BCUT2D eigenvalue weighted by Gasteiger charge is -2.53. The van der Waals surface area contributed by atoms with E-state index in [0.717, 1.165) is 68.4 Å². The number of amides is 3. The van der Waals surface area contributed by atoms with Crippen LogP contribution in [0.25, 0.3) is 0 Å². The second kappa shape index (κ2) is 14.7. The smallest absolute Gasteiger partial charge is 0.410 e. The fraction of sp³-hybridized carbons (Fsp3) is 0.610. The van der Waals surface area contributed by atoms with Gasteiger partial charge in [-0.3, -0.25) is 9.59 Å². The van der Waals surface area contributed by atoms with E-state index in [0.29, 0.717) is 37.3 Å². The molecule has 0 bridgehead atoms. The number of esters is 1. The maximum atomic E-state index is 14.4. The zero-order valence-corrected chi connectivity index (χ0v) is 32.0. The van der Waals surface area contributed by atoms with E-state index >= 15 is 0 Å². The minimum Gasteiger partial charge on any atom is -0.456 e. The monoisotopic (exact) mass is 716 g/mol. The summed E-state index contributed by atoms with van der Waals surface area (Å²) in [6.07, 6.45) is 5.70. The highest BCUT2D eigenvalue weighted by molar-refractivity contribution is 5.99. The second-order valence-corrected chi connectivity index (χ2v) is 17.1. The highest BCUT2D eigenvalue weighted by Crippen LogP contribution is 2.54. The number of hydrogen-bond donors (Lipinski definition) is 1. The molecule has 1 aliphatic carbocycles. The van der Waals surface area contributed by atoms with Gasteiger partial charge in [-0.2, -0.15) is 0 Å². The summed E-state index contributed by atoms with van der Waals surface area (Å²) in [7, 11) is 1.77. The lowest BCUT2D eigenvalue weighted by molar-refractivity contribution is -0.151. The average molecular weight is 717 g/mol. The Bertz CT molecular complexity index is 1640. The summed E-state index contributed by atoms with van der Waals surface area (Å²) in [6.45, 7) is 14.5. The van der Waals surface area contributed by atoms with Gasteiger partial charge in [0.25, 0.3) is 5.91 Å². The van der Waals surface area contributed by atoms with Crippen molar-refractivity contribution in [2.45, 2.75) is 110 Å². The van der Waals surface area contributed by atoms with Gasteiger partial charge < -0.3 is 34.2 Å². The highest BCUT2D eigenvalue weighted by atomic mass is 16.6. The molecular formula is C41H56N4O7. The van der Waals surface area contributed by atoms with Gasteiger partial charge in [0.1, 0.15) is 17.2 Å². The number of nitrogens with zero attached hydrogens (tertiary/aromatic N) is 3. The number of methoxy groups -OCH3 is 1.